The summed E-state index contributed by atoms with van der Waals surface area (Å²) in [6, 6.07) is 0.313. The lowest BCUT2D eigenvalue weighted by Gasteiger charge is -2.09. The summed E-state index contributed by atoms with van der Waals surface area (Å²) in [5, 5.41) is 9.68. The molecule has 1 fully saturated rings. The molecule has 0 atom stereocenters. The van der Waals surface area contributed by atoms with Crippen molar-refractivity contribution in [3.8, 4) is 0 Å². The van der Waals surface area contributed by atoms with Crippen LogP contribution in [-0.2, 0) is 0 Å². The predicted molar refractivity (Wildman–Crippen MR) is 60.2 cm³/mol. The van der Waals surface area contributed by atoms with Crippen LogP contribution in [-0.4, -0.2) is 27.1 Å². The second kappa shape index (κ2) is 4.63. The molecule has 1 amide bonds. The highest BCUT2D eigenvalue weighted by Gasteiger charge is 2.20. The fraction of sp³-hybridized carbons (Fsp3) is 0.727. The van der Waals surface area contributed by atoms with E-state index in [1.165, 1.54) is 12.8 Å². The number of aromatic amines is 1. The topological polar surface area (TPSA) is 70.7 Å². The van der Waals surface area contributed by atoms with E-state index >= 15 is 0 Å². The summed E-state index contributed by atoms with van der Waals surface area (Å²) < 4.78 is 0. The maximum atomic E-state index is 11.8. The molecule has 0 unspecified atom stereocenters. The van der Waals surface area contributed by atoms with Crippen molar-refractivity contribution in [2.45, 2.75) is 51.5 Å². The molecule has 5 heteroatoms. The van der Waals surface area contributed by atoms with E-state index in [0.29, 0.717) is 6.04 Å². The highest BCUT2D eigenvalue weighted by Crippen LogP contribution is 2.17. The van der Waals surface area contributed by atoms with E-state index in [9.17, 15) is 4.79 Å². The van der Waals surface area contributed by atoms with Crippen LogP contribution in [0.3, 0.4) is 0 Å². The smallest absolute Gasteiger partial charge is 0.291 e. The molecule has 0 spiro atoms. The summed E-state index contributed by atoms with van der Waals surface area (Å²) in [4.78, 5) is 16.0. The highest BCUT2D eigenvalue weighted by molar-refractivity contribution is 5.90. The number of amides is 1. The standard InChI is InChI=1S/C11H18N4O/c1-7(2)9-13-10(15-14-9)11(16)12-8-5-3-4-6-8/h7-8H,3-6H2,1-2H3,(H,12,16)(H,13,14,15). The molecule has 0 bridgehead atoms. The average molecular weight is 222 g/mol. The van der Waals surface area contributed by atoms with E-state index < -0.39 is 0 Å². The van der Waals surface area contributed by atoms with Gasteiger partial charge in [0.2, 0.25) is 5.82 Å². The summed E-state index contributed by atoms with van der Waals surface area (Å²) >= 11 is 0. The molecule has 1 aromatic rings. The van der Waals surface area contributed by atoms with Crippen molar-refractivity contribution >= 4 is 5.91 Å². The van der Waals surface area contributed by atoms with E-state index in [4.69, 9.17) is 0 Å². The first kappa shape index (κ1) is 11.1. The van der Waals surface area contributed by atoms with Gasteiger partial charge in [-0.05, 0) is 12.8 Å². The third kappa shape index (κ3) is 2.40. The van der Waals surface area contributed by atoms with Gasteiger partial charge in [0.05, 0.1) is 0 Å². The number of nitrogens with zero attached hydrogens (tertiary/aromatic N) is 2. The van der Waals surface area contributed by atoms with E-state index in [-0.39, 0.29) is 17.6 Å². The minimum atomic E-state index is -0.157. The Bertz CT molecular complexity index is 366. The van der Waals surface area contributed by atoms with Crippen LogP contribution >= 0.6 is 0 Å². The molecular weight excluding hydrogens is 204 g/mol. The lowest BCUT2D eigenvalue weighted by Crippen LogP contribution is -2.33. The molecule has 5 nitrogen and oxygen atoms in total. The molecule has 1 aromatic heterocycles. The Labute approximate surface area is 95.0 Å². The van der Waals surface area contributed by atoms with Gasteiger partial charge in [0.25, 0.3) is 5.91 Å². The molecular formula is C11H18N4O. The van der Waals surface area contributed by atoms with E-state index in [1.54, 1.807) is 0 Å². The van der Waals surface area contributed by atoms with Crippen LogP contribution in [0.4, 0.5) is 0 Å². The molecule has 1 aliphatic carbocycles. The lowest BCUT2D eigenvalue weighted by molar-refractivity contribution is 0.0927. The SMILES string of the molecule is CC(C)c1nc(C(=O)NC2CCCC2)n[nH]1. The maximum absolute atomic E-state index is 11.8. The van der Waals surface area contributed by atoms with Crippen molar-refractivity contribution in [1.29, 1.82) is 0 Å². The summed E-state index contributed by atoms with van der Waals surface area (Å²) in [5.74, 6) is 1.13. The van der Waals surface area contributed by atoms with E-state index in [2.05, 4.69) is 20.5 Å². The third-order valence-electron chi connectivity index (χ3n) is 2.94. The quantitative estimate of drug-likeness (QED) is 0.816. The first-order valence-corrected chi connectivity index (χ1v) is 5.90. The van der Waals surface area contributed by atoms with Gasteiger partial charge in [-0.15, -0.1) is 5.10 Å². The molecule has 0 radical (unpaired) electrons. The first-order chi connectivity index (χ1) is 7.66. The molecule has 0 aromatic carbocycles. The van der Waals surface area contributed by atoms with Crippen molar-refractivity contribution in [2.24, 2.45) is 0 Å². The summed E-state index contributed by atoms with van der Waals surface area (Å²) in [6.45, 7) is 4.03. The zero-order valence-electron chi connectivity index (χ0n) is 9.79. The molecule has 1 aliphatic rings. The van der Waals surface area contributed by atoms with Crippen LogP contribution in [0.5, 0.6) is 0 Å². The van der Waals surface area contributed by atoms with Crippen LogP contribution in [0.1, 0.15) is 61.9 Å². The van der Waals surface area contributed by atoms with Crippen LogP contribution in [0.15, 0.2) is 0 Å². The number of H-pyrrole nitrogens is 1. The summed E-state index contributed by atoms with van der Waals surface area (Å²) in [5.41, 5.74) is 0. The van der Waals surface area contributed by atoms with E-state index in [1.807, 2.05) is 13.8 Å². The van der Waals surface area contributed by atoms with Crippen molar-refractivity contribution in [2.75, 3.05) is 0 Å². The van der Waals surface area contributed by atoms with Gasteiger partial charge in [-0.1, -0.05) is 26.7 Å². The van der Waals surface area contributed by atoms with Gasteiger partial charge in [-0.2, -0.15) is 0 Å². The third-order valence-corrected chi connectivity index (χ3v) is 2.94. The Kier molecular flexibility index (Phi) is 3.22. The molecule has 16 heavy (non-hydrogen) atoms. The van der Waals surface area contributed by atoms with Gasteiger partial charge in [0.15, 0.2) is 0 Å². The number of nitrogens with one attached hydrogen (secondary N) is 2. The zero-order valence-corrected chi connectivity index (χ0v) is 9.79. The molecule has 0 saturated heterocycles. The van der Waals surface area contributed by atoms with Crippen molar-refractivity contribution < 1.29 is 4.79 Å². The zero-order chi connectivity index (χ0) is 11.5. The van der Waals surface area contributed by atoms with E-state index in [0.717, 1.165) is 18.7 Å². The summed E-state index contributed by atoms with van der Waals surface area (Å²) in [6.07, 6.45) is 4.56. The highest BCUT2D eigenvalue weighted by atomic mass is 16.2. The minimum absolute atomic E-state index is 0.157. The van der Waals surface area contributed by atoms with Crippen molar-refractivity contribution in [3.05, 3.63) is 11.6 Å². The predicted octanol–water partition coefficient (Wildman–Crippen LogP) is 1.60. The fourth-order valence-corrected chi connectivity index (χ4v) is 1.95. The average Bonchev–Trinajstić information content (AvgIpc) is 2.86. The summed E-state index contributed by atoms with van der Waals surface area (Å²) in [7, 11) is 0. The Morgan fingerprint density at radius 3 is 2.69 bits per heavy atom. The Balaban J connectivity index is 1.97. The van der Waals surface area contributed by atoms with Gasteiger partial charge >= 0.3 is 0 Å². The van der Waals surface area contributed by atoms with Crippen LogP contribution in [0.2, 0.25) is 0 Å². The molecule has 88 valence electrons. The van der Waals surface area contributed by atoms with Gasteiger partial charge in [0, 0.05) is 12.0 Å². The Hall–Kier alpha value is -1.39. The van der Waals surface area contributed by atoms with Gasteiger partial charge in [-0.3, -0.25) is 9.89 Å². The molecule has 1 saturated carbocycles. The number of carbonyl (C=O) groups is 1. The number of hydrogen-bond donors (Lipinski definition) is 2. The van der Waals surface area contributed by atoms with Crippen LogP contribution in [0, 0.1) is 0 Å². The van der Waals surface area contributed by atoms with Gasteiger partial charge in [0.1, 0.15) is 5.82 Å². The van der Waals surface area contributed by atoms with Gasteiger partial charge in [-0.25, -0.2) is 4.98 Å². The maximum Gasteiger partial charge on any atom is 0.291 e. The minimum Gasteiger partial charge on any atom is -0.347 e. The normalized spacial score (nSPS) is 16.9. The number of rotatable bonds is 3. The molecule has 2 rings (SSSR count). The number of carbonyl (C=O) groups excluding carboxylic acids is 1. The van der Waals surface area contributed by atoms with Gasteiger partial charge < -0.3 is 5.32 Å². The number of hydrogen-bond acceptors (Lipinski definition) is 3. The molecule has 0 aliphatic heterocycles. The first-order valence-electron chi connectivity index (χ1n) is 5.90. The van der Waals surface area contributed by atoms with Crippen LogP contribution in [0.25, 0.3) is 0 Å². The van der Waals surface area contributed by atoms with Crippen molar-refractivity contribution in [3.63, 3.8) is 0 Å². The monoisotopic (exact) mass is 222 g/mol. The number of aromatic nitrogens is 3. The second-order valence-corrected chi connectivity index (χ2v) is 4.65. The molecule has 1 heterocycles. The second-order valence-electron chi connectivity index (χ2n) is 4.65. The van der Waals surface area contributed by atoms with Crippen LogP contribution < -0.4 is 5.32 Å². The van der Waals surface area contributed by atoms with Crippen molar-refractivity contribution in [1.82, 2.24) is 20.5 Å². The lowest BCUT2D eigenvalue weighted by atomic mass is 10.2. The Morgan fingerprint density at radius 2 is 2.12 bits per heavy atom. The largest absolute Gasteiger partial charge is 0.347 e. The Morgan fingerprint density at radius 1 is 1.44 bits per heavy atom. The fourth-order valence-electron chi connectivity index (χ4n) is 1.95. The molecule has 2 N–H and O–H groups in total.